The summed E-state index contributed by atoms with van der Waals surface area (Å²) in [5.74, 6) is -0.281. The summed E-state index contributed by atoms with van der Waals surface area (Å²) in [5.41, 5.74) is 0.736. The Bertz CT molecular complexity index is 557. The Balaban J connectivity index is 3.10. The highest BCUT2D eigenvalue weighted by Gasteiger charge is 2.15. The van der Waals surface area contributed by atoms with Crippen LogP contribution < -0.4 is 9.62 Å². The second-order valence-electron chi connectivity index (χ2n) is 3.75. The van der Waals surface area contributed by atoms with Crippen LogP contribution in [0.3, 0.4) is 0 Å². The molecule has 0 bridgehead atoms. The summed E-state index contributed by atoms with van der Waals surface area (Å²) in [6, 6.07) is 4.50. The van der Waals surface area contributed by atoms with E-state index in [4.69, 9.17) is 11.6 Å². The van der Waals surface area contributed by atoms with Gasteiger partial charge in [-0.15, -0.1) is 0 Å². The van der Waals surface area contributed by atoms with Crippen LogP contribution >= 0.6 is 11.6 Å². The molecule has 0 aliphatic heterocycles. The van der Waals surface area contributed by atoms with Gasteiger partial charge in [-0.05, 0) is 25.1 Å². The number of halogens is 1. The Kier molecular flexibility index (Phi) is 4.59. The molecule has 0 aromatic heterocycles. The lowest BCUT2D eigenvalue weighted by molar-refractivity contribution is 0.0956. The normalized spacial score (nSPS) is 11.1. The predicted octanol–water partition coefficient (Wildman–Crippen LogP) is 1.49. The van der Waals surface area contributed by atoms with Crippen LogP contribution in [0.15, 0.2) is 18.2 Å². The van der Waals surface area contributed by atoms with Crippen LogP contribution in [0.4, 0.5) is 5.69 Å². The van der Waals surface area contributed by atoms with Gasteiger partial charge in [0.2, 0.25) is 10.0 Å². The summed E-state index contributed by atoms with van der Waals surface area (Å²) >= 11 is 5.97. The molecule has 0 heterocycles. The molecule has 0 fully saturated rings. The lowest BCUT2D eigenvalue weighted by Crippen LogP contribution is -2.26. The maximum Gasteiger partial charge on any atom is 0.252 e. The second kappa shape index (κ2) is 5.58. The molecule has 1 rings (SSSR count). The summed E-state index contributed by atoms with van der Waals surface area (Å²) < 4.78 is 23.8. The maximum atomic E-state index is 11.6. The van der Waals surface area contributed by atoms with Crippen LogP contribution in [0.2, 0.25) is 5.02 Å². The standard InChI is InChI=1S/C11H15ClN2O3S/c1-4-13-11(15)9-6-5-8(7-10(9)12)14(2)18(3,16)17/h5-7H,4H2,1-3H3,(H,13,15). The molecule has 0 saturated heterocycles. The van der Waals surface area contributed by atoms with E-state index < -0.39 is 10.0 Å². The monoisotopic (exact) mass is 290 g/mol. The summed E-state index contributed by atoms with van der Waals surface area (Å²) in [5, 5.41) is 2.84. The Morgan fingerprint density at radius 2 is 2.06 bits per heavy atom. The lowest BCUT2D eigenvalue weighted by Gasteiger charge is -2.17. The first-order chi connectivity index (χ1) is 8.27. The van der Waals surface area contributed by atoms with Gasteiger partial charge in [-0.2, -0.15) is 0 Å². The van der Waals surface area contributed by atoms with Gasteiger partial charge >= 0.3 is 0 Å². The molecule has 1 aromatic rings. The Morgan fingerprint density at radius 1 is 1.44 bits per heavy atom. The van der Waals surface area contributed by atoms with Gasteiger partial charge in [0.15, 0.2) is 0 Å². The first-order valence-corrected chi connectivity index (χ1v) is 7.51. The number of carbonyl (C=O) groups excluding carboxylic acids is 1. The molecule has 5 nitrogen and oxygen atoms in total. The van der Waals surface area contributed by atoms with E-state index in [0.29, 0.717) is 17.8 Å². The van der Waals surface area contributed by atoms with Crippen LogP contribution in [0.25, 0.3) is 0 Å². The molecule has 0 atom stereocenters. The van der Waals surface area contributed by atoms with E-state index in [1.807, 2.05) is 0 Å². The lowest BCUT2D eigenvalue weighted by atomic mass is 10.2. The average Bonchev–Trinajstić information content (AvgIpc) is 2.26. The van der Waals surface area contributed by atoms with Crippen molar-refractivity contribution in [3.63, 3.8) is 0 Å². The molecule has 0 radical (unpaired) electrons. The van der Waals surface area contributed by atoms with Gasteiger partial charge < -0.3 is 5.32 Å². The zero-order valence-corrected chi connectivity index (χ0v) is 12.0. The maximum absolute atomic E-state index is 11.6. The smallest absolute Gasteiger partial charge is 0.252 e. The van der Waals surface area contributed by atoms with Crippen LogP contribution in [-0.4, -0.2) is 34.2 Å². The van der Waals surface area contributed by atoms with Gasteiger partial charge in [-0.3, -0.25) is 9.10 Å². The molecule has 1 amide bonds. The number of amides is 1. The third-order valence-corrected chi connectivity index (χ3v) is 3.91. The molecule has 18 heavy (non-hydrogen) atoms. The van der Waals surface area contributed by atoms with Gasteiger partial charge in [0, 0.05) is 13.6 Å². The highest BCUT2D eigenvalue weighted by molar-refractivity contribution is 7.92. The largest absolute Gasteiger partial charge is 0.352 e. The van der Waals surface area contributed by atoms with Crippen molar-refractivity contribution in [3.05, 3.63) is 28.8 Å². The molecular formula is C11H15ClN2O3S. The number of anilines is 1. The van der Waals surface area contributed by atoms with E-state index in [-0.39, 0.29) is 10.9 Å². The van der Waals surface area contributed by atoms with E-state index in [1.54, 1.807) is 6.92 Å². The molecule has 1 aromatic carbocycles. The van der Waals surface area contributed by atoms with Crippen LogP contribution in [0, 0.1) is 0 Å². The summed E-state index contributed by atoms with van der Waals surface area (Å²) in [7, 11) is -1.92. The van der Waals surface area contributed by atoms with E-state index in [0.717, 1.165) is 10.6 Å². The molecule has 100 valence electrons. The number of hydrogen-bond donors (Lipinski definition) is 1. The molecule has 0 aliphatic rings. The summed E-state index contributed by atoms with van der Waals surface area (Å²) in [6.07, 6.45) is 1.10. The minimum absolute atomic E-state index is 0.217. The number of hydrogen-bond acceptors (Lipinski definition) is 3. The average molecular weight is 291 g/mol. The van der Waals surface area contributed by atoms with E-state index in [2.05, 4.69) is 5.32 Å². The van der Waals surface area contributed by atoms with E-state index in [1.165, 1.54) is 25.2 Å². The second-order valence-corrected chi connectivity index (χ2v) is 6.18. The summed E-state index contributed by atoms with van der Waals surface area (Å²) in [6.45, 7) is 2.30. The fraction of sp³-hybridized carbons (Fsp3) is 0.364. The van der Waals surface area contributed by atoms with Crippen molar-refractivity contribution in [2.24, 2.45) is 0 Å². The predicted molar refractivity (Wildman–Crippen MR) is 72.7 cm³/mol. The topological polar surface area (TPSA) is 66.5 Å². The number of rotatable bonds is 4. The van der Waals surface area contributed by atoms with Crippen molar-refractivity contribution < 1.29 is 13.2 Å². The Hall–Kier alpha value is -1.27. The highest BCUT2D eigenvalue weighted by Crippen LogP contribution is 2.24. The van der Waals surface area contributed by atoms with Gasteiger partial charge in [-0.1, -0.05) is 11.6 Å². The first kappa shape index (κ1) is 14.8. The van der Waals surface area contributed by atoms with Gasteiger partial charge in [0.05, 0.1) is 22.5 Å². The van der Waals surface area contributed by atoms with Gasteiger partial charge in [-0.25, -0.2) is 8.42 Å². The van der Waals surface area contributed by atoms with Gasteiger partial charge in [0.25, 0.3) is 5.91 Å². The van der Waals surface area contributed by atoms with Gasteiger partial charge in [0.1, 0.15) is 0 Å². The van der Waals surface area contributed by atoms with Crippen molar-refractivity contribution in [3.8, 4) is 0 Å². The molecule has 0 aliphatic carbocycles. The highest BCUT2D eigenvalue weighted by atomic mass is 35.5. The number of nitrogens with one attached hydrogen (secondary N) is 1. The van der Waals surface area contributed by atoms with Crippen molar-refractivity contribution in [1.29, 1.82) is 0 Å². The fourth-order valence-electron chi connectivity index (χ4n) is 1.33. The molecule has 0 spiro atoms. The van der Waals surface area contributed by atoms with Crippen LogP contribution in [0.1, 0.15) is 17.3 Å². The minimum atomic E-state index is -3.34. The Morgan fingerprint density at radius 3 is 2.50 bits per heavy atom. The quantitative estimate of drug-likeness (QED) is 0.913. The van der Waals surface area contributed by atoms with Crippen molar-refractivity contribution >= 4 is 33.2 Å². The third kappa shape index (κ3) is 3.36. The number of benzene rings is 1. The van der Waals surface area contributed by atoms with Crippen molar-refractivity contribution in [2.45, 2.75) is 6.92 Å². The third-order valence-electron chi connectivity index (χ3n) is 2.40. The molecule has 7 heteroatoms. The molecule has 0 saturated carbocycles. The number of nitrogens with zero attached hydrogens (tertiary/aromatic N) is 1. The number of sulfonamides is 1. The zero-order chi connectivity index (χ0) is 13.9. The van der Waals surface area contributed by atoms with Crippen LogP contribution in [-0.2, 0) is 10.0 Å². The van der Waals surface area contributed by atoms with E-state index in [9.17, 15) is 13.2 Å². The van der Waals surface area contributed by atoms with Crippen LogP contribution in [0.5, 0.6) is 0 Å². The fourth-order valence-corrected chi connectivity index (χ4v) is 2.09. The first-order valence-electron chi connectivity index (χ1n) is 5.29. The minimum Gasteiger partial charge on any atom is -0.352 e. The summed E-state index contributed by atoms with van der Waals surface area (Å²) in [4.78, 5) is 11.6. The van der Waals surface area contributed by atoms with E-state index >= 15 is 0 Å². The van der Waals surface area contributed by atoms with Crippen molar-refractivity contribution in [1.82, 2.24) is 5.32 Å². The zero-order valence-electron chi connectivity index (χ0n) is 10.4. The molecule has 0 unspecified atom stereocenters. The van der Waals surface area contributed by atoms with Crippen molar-refractivity contribution in [2.75, 3.05) is 24.2 Å². The molecule has 1 N–H and O–H groups in total. The molecular weight excluding hydrogens is 276 g/mol. The SMILES string of the molecule is CCNC(=O)c1ccc(N(C)S(C)(=O)=O)cc1Cl. The Labute approximate surface area is 112 Å². The number of carbonyl (C=O) groups is 1.